The Morgan fingerprint density at radius 2 is 1.87 bits per heavy atom. The third-order valence-corrected chi connectivity index (χ3v) is 5.69. The van der Waals surface area contributed by atoms with Crippen molar-refractivity contribution in [1.82, 2.24) is 5.43 Å². The second kappa shape index (κ2) is 5.47. The van der Waals surface area contributed by atoms with Gasteiger partial charge in [0.25, 0.3) is 0 Å². The summed E-state index contributed by atoms with van der Waals surface area (Å²) in [6.45, 7) is 0. The van der Waals surface area contributed by atoms with Gasteiger partial charge in [-0.3, -0.25) is 14.9 Å². The van der Waals surface area contributed by atoms with Gasteiger partial charge < -0.3 is 4.42 Å². The highest BCUT2D eigenvalue weighted by Crippen LogP contribution is 2.56. The van der Waals surface area contributed by atoms with Gasteiger partial charge in [0.15, 0.2) is 5.76 Å². The number of hydrogen-bond donors (Lipinski definition) is 1. The Morgan fingerprint density at radius 3 is 2.43 bits per heavy atom. The number of carbonyl (C=O) groups excluding carboxylic acids is 1. The lowest BCUT2D eigenvalue weighted by molar-refractivity contribution is -0.402. The topological polar surface area (TPSA) is 97.7 Å². The first-order valence-corrected chi connectivity index (χ1v) is 8.17. The Morgan fingerprint density at radius 1 is 1.22 bits per heavy atom. The number of hydrogen-bond acceptors (Lipinski definition) is 5. The highest BCUT2D eigenvalue weighted by Gasteiger charge is 2.50. The zero-order valence-corrected chi connectivity index (χ0v) is 12.7. The summed E-state index contributed by atoms with van der Waals surface area (Å²) < 4.78 is 4.97. The van der Waals surface area contributed by atoms with Gasteiger partial charge in [0.1, 0.15) is 4.92 Å². The molecule has 0 spiro atoms. The van der Waals surface area contributed by atoms with Crippen molar-refractivity contribution < 1.29 is 14.1 Å². The summed E-state index contributed by atoms with van der Waals surface area (Å²) in [5.74, 6) is 2.64. The van der Waals surface area contributed by atoms with Crippen LogP contribution in [0.1, 0.15) is 37.9 Å². The lowest BCUT2D eigenvalue weighted by Crippen LogP contribution is -2.50. The average Bonchev–Trinajstić information content (AvgIpc) is 2.95. The van der Waals surface area contributed by atoms with E-state index in [4.69, 9.17) is 4.42 Å². The molecule has 1 amide bonds. The van der Waals surface area contributed by atoms with Crippen LogP contribution in [0.25, 0.3) is 0 Å². The van der Waals surface area contributed by atoms with Crippen LogP contribution in [0.4, 0.5) is 5.88 Å². The molecule has 4 bridgehead atoms. The number of furan rings is 1. The van der Waals surface area contributed by atoms with E-state index in [0.29, 0.717) is 11.8 Å². The maximum Gasteiger partial charge on any atom is 0.433 e. The van der Waals surface area contributed by atoms with Crippen LogP contribution in [-0.4, -0.2) is 17.0 Å². The van der Waals surface area contributed by atoms with Gasteiger partial charge in [-0.2, -0.15) is 5.10 Å². The molecule has 4 aliphatic carbocycles. The molecule has 0 aliphatic heterocycles. The average molecular weight is 317 g/mol. The molecule has 5 rings (SSSR count). The largest absolute Gasteiger partial charge is 0.433 e. The van der Waals surface area contributed by atoms with Crippen LogP contribution in [0.15, 0.2) is 21.7 Å². The van der Waals surface area contributed by atoms with E-state index in [2.05, 4.69) is 10.5 Å². The van der Waals surface area contributed by atoms with Gasteiger partial charge in [0.05, 0.1) is 12.3 Å². The van der Waals surface area contributed by atoms with Crippen molar-refractivity contribution in [2.24, 2.45) is 34.7 Å². The van der Waals surface area contributed by atoms with Gasteiger partial charge in [0.2, 0.25) is 5.91 Å². The van der Waals surface area contributed by atoms with Crippen molar-refractivity contribution in [3.8, 4) is 0 Å². The summed E-state index contributed by atoms with van der Waals surface area (Å²) in [6.07, 6.45) is 7.38. The minimum absolute atomic E-state index is 0.0175. The predicted molar refractivity (Wildman–Crippen MR) is 81.6 cm³/mol. The van der Waals surface area contributed by atoms with Crippen LogP contribution >= 0.6 is 0 Å². The van der Waals surface area contributed by atoms with Crippen LogP contribution in [0.3, 0.4) is 0 Å². The highest BCUT2D eigenvalue weighted by atomic mass is 16.6. The lowest BCUT2D eigenvalue weighted by Gasteiger charge is -2.53. The number of rotatable bonds is 4. The molecule has 7 nitrogen and oxygen atoms in total. The third-order valence-electron chi connectivity index (χ3n) is 5.69. The summed E-state index contributed by atoms with van der Waals surface area (Å²) >= 11 is 0. The monoisotopic (exact) mass is 317 g/mol. The van der Waals surface area contributed by atoms with Crippen LogP contribution < -0.4 is 5.43 Å². The normalized spacial score (nSPS) is 34.9. The summed E-state index contributed by atoms with van der Waals surface area (Å²) in [7, 11) is 0. The molecule has 0 atom stereocenters. The molecule has 0 aromatic carbocycles. The number of nitro groups is 1. The van der Waals surface area contributed by atoms with Gasteiger partial charge in [0, 0.05) is 5.92 Å². The van der Waals surface area contributed by atoms with E-state index in [1.807, 2.05) is 0 Å². The molecular weight excluding hydrogens is 298 g/mol. The number of amides is 1. The quantitative estimate of drug-likeness (QED) is 0.524. The highest BCUT2D eigenvalue weighted by molar-refractivity contribution is 5.82. The van der Waals surface area contributed by atoms with Gasteiger partial charge in [-0.05, 0) is 61.8 Å². The summed E-state index contributed by atoms with van der Waals surface area (Å²) in [4.78, 5) is 22.4. The third kappa shape index (κ3) is 2.64. The predicted octanol–water partition coefficient (Wildman–Crippen LogP) is 2.71. The number of hydrazone groups is 1. The smallest absolute Gasteiger partial charge is 0.400 e. The molecular formula is C16H19N3O4. The Kier molecular flexibility index (Phi) is 3.43. The van der Waals surface area contributed by atoms with Crippen molar-refractivity contribution in [3.05, 3.63) is 28.0 Å². The molecule has 4 fully saturated rings. The number of nitrogens with zero attached hydrogens (tertiary/aromatic N) is 2. The van der Waals surface area contributed by atoms with E-state index in [0.717, 1.165) is 11.8 Å². The minimum atomic E-state index is -0.607. The fourth-order valence-corrected chi connectivity index (χ4v) is 5.10. The van der Waals surface area contributed by atoms with Crippen molar-refractivity contribution in [1.29, 1.82) is 0 Å². The van der Waals surface area contributed by atoms with E-state index in [9.17, 15) is 14.9 Å². The maximum atomic E-state index is 12.5. The fraction of sp³-hybridized carbons (Fsp3) is 0.625. The SMILES string of the molecule is O=C(N/N=C/c1ccc([N+](=O)[O-])o1)C1C2CC3CC(C2)CC1C3. The van der Waals surface area contributed by atoms with Crippen LogP contribution in [0.5, 0.6) is 0 Å². The van der Waals surface area contributed by atoms with Gasteiger partial charge in [-0.25, -0.2) is 5.43 Å². The Labute approximate surface area is 133 Å². The second-order valence-electron chi connectivity index (χ2n) is 7.12. The summed E-state index contributed by atoms with van der Waals surface area (Å²) in [6, 6.07) is 2.72. The first kappa shape index (κ1) is 14.4. The van der Waals surface area contributed by atoms with Gasteiger partial charge in [-0.15, -0.1) is 0 Å². The van der Waals surface area contributed by atoms with Crippen molar-refractivity contribution in [2.75, 3.05) is 0 Å². The van der Waals surface area contributed by atoms with E-state index in [1.165, 1.54) is 50.5 Å². The Bertz CT molecular complexity index is 638. The van der Waals surface area contributed by atoms with E-state index in [1.54, 1.807) is 0 Å². The summed E-state index contributed by atoms with van der Waals surface area (Å²) in [5, 5.41) is 14.4. The molecule has 0 saturated heterocycles. The van der Waals surface area contributed by atoms with Crippen LogP contribution in [-0.2, 0) is 4.79 Å². The zero-order chi connectivity index (χ0) is 16.0. The summed E-state index contributed by atoms with van der Waals surface area (Å²) in [5.41, 5.74) is 2.60. The molecule has 1 aromatic heterocycles. The molecule has 122 valence electrons. The van der Waals surface area contributed by atoms with E-state index >= 15 is 0 Å². The standard InChI is InChI=1S/C16H19N3O4/c20-16(18-17-8-13-1-2-14(23-13)19(21)22)15-11-4-9-3-10(6-11)7-12(15)5-9/h1-2,8-12,15H,3-7H2,(H,18,20)/b17-8+. The first-order chi connectivity index (χ1) is 11.1. The van der Waals surface area contributed by atoms with Crippen LogP contribution in [0.2, 0.25) is 0 Å². The van der Waals surface area contributed by atoms with Crippen molar-refractivity contribution >= 4 is 18.0 Å². The zero-order valence-electron chi connectivity index (χ0n) is 12.7. The molecule has 7 heteroatoms. The van der Waals surface area contributed by atoms with Crippen LogP contribution in [0, 0.1) is 39.7 Å². The van der Waals surface area contributed by atoms with Gasteiger partial charge in [-0.1, -0.05) is 0 Å². The molecule has 4 saturated carbocycles. The first-order valence-electron chi connectivity index (χ1n) is 8.17. The minimum Gasteiger partial charge on any atom is -0.400 e. The Balaban J connectivity index is 1.38. The van der Waals surface area contributed by atoms with Crippen molar-refractivity contribution in [2.45, 2.75) is 32.1 Å². The molecule has 1 heterocycles. The van der Waals surface area contributed by atoms with E-state index in [-0.39, 0.29) is 23.5 Å². The molecule has 0 radical (unpaired) electrons. The maximum absolute atomic E-state index is 12.5. The molecule has 4 aliphatic rings. The second-order valence-corrected chi connectivity index (χ2v) is 7.12. The van der Waals surface area contributed by atoms with Gasteiger partial charge >= 0.3 is 5.88 Å². The Hall–Kier alpha value is -2.18. The lowest BCUT2D eigenvalue weighted by atomic mass is 9.52. The van der Waals surface area contributed by atoms with E-state index < -0.39 is 4.92 Å². The molecule has 1 N–H and O–H groups in total. The number of nitrogens with one attached hydrogen (secondary N) is 1. The number of carbonyl (C=O) groups is 1. The molecule has 1 aromatic rings. The van der Waals surface area contributed by atoms with Crippen molar-refractivity contribution in [3.63, 3.8) is 0 Å². The molecule has 23 heavy (non-hydrogen) atoms. The fourth-order valence-electron chi connectivity index (χ4n) is 5.10. The molecule has 0 unspecified atom stereocenters.